The normalized spacial score (nSPS) is 10.8. The minimum atomic E-state index is -0.497. The fourth-order valence-electron chi connectivity index (χ4n) is 2.88. The van der Waals surface area contributed by atoms with E-state index in [2.05, 4.69) is 19.9 Å². The lowest BCUT2D eigenvalue weighted by molar-refractivity contribution is 0.0563. The van der Waals surface area contributed by atoms with Gasteiger partial charge in [-0.25, -0.2) is 4.79 Å². The van der Waals surface area contributed by atoms with Gasteiger partial charge in [0.15, 0.2) is 11.0 Å². The van der Waals surface area contributed by atoms with Crippen molar-refractivity contribution < 1.29 is 13.9 Å². The molecule has 0 saturated heterocycles. The first-order valence-electron chi connectivity index (χ1n) is 8.89. The number of thioether (sulfide) groups is 1. The van der Waals surface area contributed by atoms with Crippen molar-refractivity contribution >= 4 is 17.7 Å². The van der Waals surface area contributed by atoms with Crippen molar-refractivity contribution in [2.75, 3.05) is 7.11 Å². The Morgan fingerprint density at radius 2 is 2.00 bits per heavy atom. The molecule has 4 aromatic rings. The fourth-order valence-corrected chi connectivity index (χ4v) is 3.72. The van der Waals surface area contributed by atoms with E-state index in [1.165, 1.54) is 18.9 Å². The molecule has 0 N–H and O–H groups in total. The number of ether oxygens (including phenoxy) is 1. The highest BCUT2D eigenvalue weighted by Gasteiger charge is 2.18. The Bertz CT molecular complexity index is 1140. The van der Waals surface area contributed by atoms with Crippen LogP contribution in [0.1, 0.15) is 21.9 Å². The van der Waals surface area contributed by atoms with Gasteiger partial charge in [-0.05, 0) is 42.8 Å². The summed E-state index contributed by atoms with van der Waals surface area (Å²) in [6, 6.07) is 15.3. The first-order chi connectivity index (χ1) is 14.2. The highest BCUT2D eigenvalue weighted by Crippen LogP contribution is 2.31. The van der Waals surface area contributed by atoms with Crippen LogP contribution in [0.5, 0.6) is 0 Å². The van der Waals surface area contributed by atoms with E-state index < -0.39 is 5.97 Å². The number of furan rings is 1. The number of aryl methyl sites for hydroxylation is 1. The lowest BCUT2D eigenvalue weighted by Gasteiger charge is -2.12. The number of aromatic nitrogens is 4. The van der Waals surface area contributed by atoms with Crippen molar-refractivity contribution in [1.29, 1.82) is 0 Å². The smallest absolute Gasteiger partial charge is 0.373 e. The lowest BCUT2D eigenvalue weighted by atomic mass is 10.2. The molecule has 4 rings (SSSR count). The summed E-state index contributed by atoms with van der Waals surface area (Å²) in [6.07, 6.45) is 3.49. The summed E-state index contributed by atoms with van der Waals surface area (Å²) < 4.78 is 12.3. The molecule has 3 aromatic heterocycles. The van der Waals surface area contributed by atoms with Gasteiger partial charge in [-0.1, -0.05) is 30.0 Å². The van der Waals surface area contributed by atoms with Crippen LogP contribution in [0.4, 0.5) is 0 Å². The quantitative estimate of drug-likeness (QED) is 0.348. The topological polar surface area (TPSA) is 83.0 Å². The molecule has 0 aliphatic carbocycles. The Balaban J connectivity index is 1.69. The van der Waals surface area contributed by atoms with E-state index in [1.54, 1.807) is 24.5 Å². The van der Waals surface area contributed by atoms with Crippen molar-refractivity contribution in [2.45, 2.75) is 17.8 Å². The van der Waals surface area contributed by atoms with Gasteiger partial charge >= 0.3 is 5.97 Å². The SMILES string of the molecule is COC(=O)c1ccc(CSc2nnc(-c3cccnc3)n2-c2ccccc2C)o1. The molecule has 0 atom stereocenters. The third-order valence-corrected chi connectivity index (χ3v) is 5.25. The van der Waals surface area contributed by atoms with E-state index >= 15 is 0 Å². The summed E-state index contributed by atoms with van der Waals surface area (Å²) in [4.78, 5) is 15.8. The first-order valence-corrected chi connectivity index (χ1v) is 9.87. The Morgan fingerprint density at radius 3 is 2.76 bits per heavy atom. The predicted molar refractivity (Wildman–Crippen MR) is 109 cm³/mol. The number of rotatable bonds is 6. The number of para-hydroxylation sites is 1. The highest BCUT2D eigenvalue weighted by molar-refractivity contribution is 7.98. The molecule has 7 nitrogen and oxygen atoms in total. The summed E-state index contributed by atoms with van der Waals surface area (Å²) in [5.41, 5.74) is 2.97. The summed E-state index contributed by atoms with van der Waals surface area (Å²) in [7, 11) is 1.32. The van der Waals surface area contributed by atoms with Gasteiger partial charge in [0.25, 0.3) is 0 Å². The number of hydrogen-bond donors (Lipinski definition) is 0. The van der Waals surface area contributed by atoms with E-state index in [1.807, 2.05) is 47.9 Å². The second-order valence-corrected chi connectivity index (χ2v) is 7.16. The number of nitrogens with zero attached hydrogens (tertiary/aromatic N) is 4. The average molecular weight is 406 g/mol. The number of benzene rings is 1. The van der Waals surface area contributed by atoms with Crippen LogP contribution in [0.2, 0.25) is 0 Å². The minimum Gasteiger partial charge on any atom is -0.463 e. The van der Waals surface area contributed by atoms with Crippen LogP contribution in [-0.4, -0.2) is 32.8 Å². The summed E-state index contributed by atoms with van der Waals surface area (Å²) in [5.74, 6) is 1.54. The van der Waals surface area contributed by atoms with Crippen LogP contribution in [0.3, 0.4) is 0 Å². The molecule has 0 unspecified atom stereocenters. The van der Waals surface area contributed by atoms with Crippen LogP contribution in [0.25, 0.3) is 17.1 Å². The monoisotopic (exact) mass is 406 g/mol. The maximum Gasteiger partial charge on any atom is 0.373 e. The van der Waals surface area contributed by atoms with Gasteiger partial charge in [0.2, 0.25) is 5.76 Å². The Kier molecular flexibility index (Phi) is 5.44. The molecule has 146 valence electrons. The van der Waals surface area contributed by atoms with Crippen molar-refractivity contribution in [2.24, 2.45) is 0 Å². The summed E-state index contributed by atoms with van der Waals surface area (Å²) in [6.45, 7) is 2.05. The maximum atomic E-state index is 11.6. The van der Waals surface area contributed by atoms with Crippen LogP contribution in [0, 0.1) is 6.92 Å². The van der Waals surface area contributed by atoms with Gasteiger partial charge in [0.1, 0.15) is 5.76 Å². The van der Waals surface area contributed by atoms with E-state index in [0.29, 0.717) is 22.5 Å². The standard InChI is InChI=1S/C21H18N4O3S/c1-14-6-3-4-8-17(14)25-19(15-7-5-11-22-12-15)23-24-21(25)29-13-16-9-10-18(28-16)20(26)27-2/h3-12H,13H2,1-2H3. The van der Waals surface area contributed by atoms with Crippen LogP contribution in [0.15, 0.2) is 70.5 Å². The van der Waals surface area contributed by atoms with Gasteiger partial charge in [0, 0.05) is 18.0 Å². The van der Waals surface area contributed by atoms with E-state index in [-0.39, 0.29) is 5.76 Å². The van der Waals surface area contributed by atoms with Gasteiger partial charge in [0.05, 0.1) is 18.6 Å². The highest BCUT2D eigenvalue weighted by atomic mass is 32.2. The van der Waals surface area contributed by atoms with Gasteiger partial charge < -0.3 is 9.15 Å². The maximum absolute atomic E-state index is 11.6. The van der Waals surface area contributed by atoms with Crippen LogP contribution in [-0.2, 0) is 10.5 Å². The van der Waals surface area contributed by atoms with E-state index in [9.17, 15) is 4.79 Å². The van der Waals surface area contributed by atoms with Crippen molar-refractivity contribution in [3.8, 4) is 17.1 Å². The third kappa shape index (κ3) is 3.93. The molecule has 0 aliphatic heterocycles. The Hall–Kier alpha value is -3.39. The van der Waals surface area contributed by atoms with Crippen LogP contribution >= 0.6 is 11.8 Å². The molecule has 3 heterocycles. The average Bonchev–Trinajstić information content (AvgIpc) is 3.40. The summed E-state index contributed by atoms with van der Waals surface area (Å²) in [5, 5.41) is 9.53. The molecule has 0 saturated carbocycles. The fraction of sp³-hybridized carbons (Fsp3) is 0.143. The van der Waals surface area contributed by atoms with Crippen molar-refractivity contribution in [3.05, 3.63) is 78.0 Å². The number of hydrogen-bond acceptors (Lipinski definition) is 7. The molecule has 0 bridgehead atoms. The minimum absolute atomic E-state index is 0.180. The zero-order chi connectivity index (χ0) is 20.2. The molecular formula is C21H18N4O3S. The van der Waals surface area contributed by atoms with Gasteiger partial charge in [-0.15, -0.1) is 10.2 Å². The molecule has 1 aromatic carbocycles. The van der Waals surface area contributed by atoms with Gasteiger partial charge in [-0.2, -0.15) is 0 Å². The Morgan fingerprint density at radius 1 is 1.14 bits per heavy atom. The number of carbonyl (C=O) groups excluding carboxylic acids is 1. The number of methoxy groups -OCH3 is 1. The predicted octanol–water partition coefficient (Wildman–Crippen LogP) is 4.31. The largest absolute Gasteiger partial charge is 0.463 e. The lowest BCUT2D eigenvalue weighted by Crippen LogP contribution is -2.02. The first kappa shape index (κ1) is 18.9. The zero-order valence-corrected chi connectivity index (χ0v) is 16.7. The summed E-state index contributed by atoms with van der Waals surface area (Å²) >= 11 is 1.47. The second kappa shape index (κ2) is 8.32. The molecular weight excluding hydrogens is 388 g/mol. The molecule has 0 aliphatic rings. The molecule has 0 amide bonds. The molecule has 29 heavy (non-hydrogen) atoms. The number of esters is 1. The van der Waals surface area contributed by atoms with Crippen molar-refractivity contribution in [1.82, 2.24) is 19.7 Å². The van der Waals surface area contributed by atoms with E-state index in [0.717, 1.165) is 16.8 Å². The van der Waals surface area contributed by atoms with Gasteiger partial charge in [-0.3, -0.25) is 9.55 Å². The number of pyridine rings is 1. The molecule has 0 radical (unpaired) electrons. The second-order valence-electron chi connectivity index (χ2n) is 6.22. The molecule has 8 heteroatoms. The molecule has 0 spiro atoms. The molecule has 0 fully saturated rings. The van der Waals surface area contributed by atoms with E-state index in [4.69, 9.17) is 4.42 Å². The Labute approximate surface area is 171 Å². The third-order valence-electron chi connectivity index (χ3n) is 4.30. The number of carbonyl (C=O) groups is 1. The zero-order valence-electron chi connectivity index (χ0n) is 15.9. The van der Waals surface area contributed by atoms with Crippen molar-refractivity contribution in [3.63, 3.8) is 0 Å². The van der Waals surface area contributed by atoms with Crippen LogP contribution < -0.4 is 0 Å².